The summed E-state index contributed by atoms with van der Waals surface area (Å²) in [5, 5.41) is 11.0. The Labute approximate surface area is 155 Å². The molecule has 4 rings (SSSR count). The van der Waals surface area contributed by atoms with Crippen molar-refractivity contribution in [2.75, 3.05) is 0 Å². The first-order valence-electron chi connectivity index (χ1n) is 7.98. The first-order chi connectivity index (χ1) is 11.9. The molecule has 5 heteroatoms. The quantitative estimate of drug-likeness (QED) is 0.601. The van der Waals surface area contributed by atoms with E-state index in [-0.39, 0.29) is 5.69 Å². The van der Waals surface area contributed by atoms with Gasteiger partial charge >= 0.3 is 5.97 Å². The maximum Gasteiger partial charge on any atom is 0.352 e. The van der Waals surface area contributed by atoms with Gasteiger partial charge in [-0.1, -0.05) is 35.3 Å². The zero-order chi connectivity index (χ0) is 17.7. The summed E-state index contributed by atoms with van der Waals surface area (Å²) < 4.78 is 0. The van der Waals surface area contributed by atoms with Crippen molar-refractivity contribution in [2.24, 2.45) is 0 Å². The number of H-pyrrole nitrogens is 1. The maximum absolute atomic E-state index is 11.9. The number of carboxylic acid groups (broad SMARTS) is 1. The number of aromatic nitrogens is 1. The fourth-order valence-electron chi connectivity index (χ4n) is 3.65. The topological polar surface area (TPSA) is 53.1 Å². The molecule has 2 aromatic carbocycles. The van der Waals surface area contributed by atoms with Crippen molar-refractivity contribution >= 4 is 29.2 Å². The van der Waals surface area contributed by atoms with Gasteiger partial charge in [-0.2, -0.15) is 0 Å². The molecule has 0 unspecified atom stereocenters. The van der Waals surface area contributed by atoms with Crippen LogP contribution in [0.5, 0.6) is 0 Å². The molecule has 1 heterocycles. The van der Waals surface area contributed by atoms with Crippen LogP contribution in [0.3, 0.4) is 0 Å². The third kappa shape index (κ3) is 2.74. The van der Waals surface area contributed by atoms with E-state index in [0.717, 1.165) is 51.9 Å². The number of carboxylic acids is 1. The largest absolute Gasteiger partial charge is 0.477 e. The number of halogens is 2. The van der Waals surface area contributed by atoms with Crippen molar-refractivity contribution in [1.29, 1.82) is 0 Å². The first kappa shape index (κ1) is 16.2. The van der Waals surface area contributed by atoms with Crippen molar-refractivity contribution in [3.63, 3.8) is 0 Å². The summed E-state index contributed by atoms with van der Waals surface area (Å²) in [6.45, 7) is 1.95. The highest BCUT2D eigenvalue weighted by atomic mass is 35.5. The third-order valence-electron chi connectivity index (χ3n) is 4.63. The van der Waals surface area contributed by atoms with Crippen LogP contribution >= 0.6 is 23.2 Å². The van der Waals surface area contributed by atoms with Crippen molar-refractivity contribution < 1.29 is 9.90 Å². The number of aromatic amines is 1. The van der Waals surface area contributed by atoms with Crippen LogP contribution in [-0.2, 0) is 12.8 Å². The minimum Gasteiger partial charge on any atom is -0.477 e. The van der Waals surface area contributed by atoms with Crippen molar-refractivity contribution in [2.45, 2.75) is 19.8 Å². The van der Waals surface area contributed by atoms with Crippen molar-refractivity contribution in [3.8, 4) is 22.4 Å². The van der Waals surface area contributed by atoms with E-state index in [9.17, 15) is 9.90 Å². The fourth-order valence-corrected chi connectivity index (χ4v) is 4.14. The van der Waals surface area contributed by atoms with E-state index in [1.165, 1.54) is 0 Å². The molecule has 126 valence electrons. The molecule has 0 spiro atoms. The van der Waals surface area contributed by atoms with E-state index in [1.54, 1.807) is 0 Å². The summed E-state index contributed by atoms with van der Waals surface area (Å²) in [7, 11) is 0. The van der Waals surface area contributed by atoms with Gasteiger partial charge in [-0.3, -0.25) is 0 Å². The number of benzene rings is 2. The smallest absolute Gasteiger partial charge is 0.352 e. The van der Waals surface area contributed by atoms with Gasteiger partial charge in [0, 0.05) is 21.2 Å². The molecule has 0 saturated heterocycles. The van der Waals surface area contributed by atoms with Crippen LogP contribution < -0.4 is 0 Å². The molecule has 1 aliphatic carbocycles. The van der Waals surface area contributed by atoms with Crippen LogP contribution in [0.2, 0.25) is 10.0 Å². The van der Waals surface area contributed by atoms with Gasteiger partial charge < -0.3 is 10.1 Å². The number of nitrogens with one attached hydrogen (secondary N) is 1. The number of aromatic carboxylic acids is 1. The van der Waals surface area contributed by atoms with Gasteiger partial charge in [-0.05, 0) is 66.3 Å². The van der Waals surface area contributed by atoms with E-state index in [0.29, 0.717) is 10.0 Å². The average Bonchev–Trinajstić information content (AvgIpc) is 2.93. The highest BCUT2D eigenvalue weighted by Crippen LogP contribution is 2.42. The molecule has 0 aliphatic heterocycles. The normalized spacial score (nSPS) is 12.6. The Bertz CT molecular complexity index is 1000. The first-order valence-corrected chi connectivity index (χ1v) is 8.74. The van der Waals surface area contributed by atoms with Crippen LogP contribution in [-0.4, -0.2) is 16.1 Å². The highest BCUT2D eigenvalue weighted by Gasteiger charge is 2.27. The van der Waals surface area contributed by atoms with Gasteiger partial charge in [0.2, 0.25) is 0 Å². The molecule has 2 N–H and O–H groups in total. The summed E-state index contributed by atoms with van der Waals surface area (Å²) in [6.07, 6.45) is 1.58. The van der Waals surface area contributed by atoms with E-state index in [4.69, 9.17) is 23.2 Å². The Morgan fingerprint density at radius 1 is 1.08 bits per heavy atom. The lowest BCUT2D eigenvalue weighted by Crippen LogP contribution is -2.03. The average molecular weight is 372 g/mol. The third-order valence-corrected chi connectivity index (χ3v) is 5.08. The summed E-state index contributed by atoms with van der Waals surface area (Å²) in [6, 6.07) is 11.4. The molecule has 0 radical (unpaired) electrons. The summed E-state index contributed by atoms with van der Waals surface area (Å²) >= 11 is 12.3. The molecule has 0 fully saturated rings. The van der Waals surface area contributed by atoms with Gasteiger partial charge in [0.1, 0.15) is 5.69 Å². The Morgan fingerprint density at radius 2 is 1.88 bits per heavy atom. The van der Waals surface area contributed by atoms with Crippen LogP contribution in [0.15, 0.2) is 36.4 Å². The van der Waals surface area contributed by atoms with E-state index in [2.05, 4.69) is 4.98 Å². The Kier molecular flexibility index (Phi) is 3.86. The fraction of sp³-hybridized carbons (Fsp3) is 0.150. The minimum atomic E-state index is -0.974. The van der Waals surface area contributed by atoms with Gasteiger partial charge in [-0.25, -0.2) is 4.79 Å². The second-order valence-corrected chi connectivity index (χ2v) is 7.23. The van der Waals surface area contributed by atoms with Gasteiger partial charge in [0.25, 0.3) is 0 Å². The number of hydrogen-bond donors (Lipinski definition) is 2. The van der Waals surface area contributed by atoms with Crippen molar-refractivity contribution in [3.05, 3.63) is 68.8 Å². The zero-order valence-electron chi connectivity index (χ0n) is 13.5. The summed E-state index contributed by atoms with van der Waals surface area (Å²) in [4.78, 5) is 15.0. The van der Waals surface area contributed by atoms with Crippen LogP contribution in [0.25, 0.3) is 22.4 Å². The number of aryl methyl sites for hydroxylation is 2. The summed E-state index contributed by atoms with van der Waals surface area (Å²) in [5.74, 6) is -0.974. The molecular weight excluding hydrogens is 357 g/mol. The van der Waals surface area contributed by atoms with E-state index >= 15 is 0 Å². The molecule has 1 aromatic heterocycles. The Hall–Kier alpha value is -2.23. The number of hydrogen-bond acceptors (Lipinski definition) is 1. The molecule has 25 heavy (non-hydrogen) atoms. The lowest BCUT2D eigenvalue weighted by atomic mass is 9.86. The molecule has 0 amide bonds. The molecule has 0 atom stereocenters. The highest BCUT2D eigenvalue weighted by molar-refractivity contribution is 6.31. The molecule has 1 aliphatic rings. The van der Waals surface area contributed by atoms with Gasteiger partial charge in [-0.15, -0.1) is 0 Å². The van der Waals surface area contributed by atoms with Crippen LogP contribution in [0.4, 0.5) is 0 Å². The van der Waals surface area contributed by atoms with E-state index in [1.807, 2.05) is 43.3 Å². The van der Waals surface area contributed by atoms with Crippen LogP contribution in [0, 0.1) is 6.92 Å². The second-order valence-electron chi connectivity index (χ2n) is 6.35. The predicted molar refractivity (Wildman–Crippen MR) is 101 cm³/mol. The lowest BCUT2D eigenvalue weighted by molar-refractivity contribution is 0.0692. The number of fused-ring (bicyclic) bond motifs is 3. The lowest BCUT2D eigenvalue weighted by Gasteiger charge is -2.18. The molecule has 0 saturated carbocycles. The molecular formula is C20H15Cl2NO2. The SMILES string of the molecule is Cc1cc(Cl)cc(-c2c(C(=O)O)[nH]c3c2CCc2cc(Cl)ccc2-3)c1. The Morgan fingerprint density at radius 3 is 2.60 bits per heavy atom. The standard InChI is InChI=1S/C20H15Cl2NO2/c1-10-6-12(9-14(22)7-10)17-16-4-2-11-8-13(21)3-5-15(11)18(16)23-19(17)20(24)25/h3,5-9,23H,2,4H2,1H3,(H,24,25). The monoisotopic (exact) mass is 371 g/mol. The molecule has 0 bridgehead atoms. The zero-order valence-corrected chi connectivity index (χ0v) is 15.0. The number of carbonyl (C=O) groups is 1. The van der Waals surface area contributed by atoms with Crippen molar-refractivity contribution in [1.82, 2.24) is 4.98 Å². The van der Waals surface area contributed by atoms with Gasteiger partial charge in [0.05, 0.1) is 5.69 Å². The second kappa shape index (κ2) is 5.94. The van der Waals surface area contributed by atoms with E-state index < -0.39 is 5.97 Å². The molecule has 3 aromatic rings. The maximum atomic E-state index is 11.9. The molecule has 3 nitrogen and oxygen atoms in total. The van der Waals surface area contributed by atoms with Gasteiger partial charge in [0.15, 0.2) is 0 Å². The predicted octanol–water partition coefficient (Wildman–Crippen LogP) is 5.76. The van der Waals surface area contributed by atoms with Crippen LogP contribution in [0.1, 0.15) is 27.2 Å². The number of rotatable bonds is 2. The Balaban J connectivity index is 2.00. The summed E-state index contributed by atoms with van der Waals surface area (Å²) in [5.41, 5.74) is 6.79. The minimum absolute atomic E-state index is 0.203.